The minimum absolute atomic E-state index is 0.168. The Labute approximate surface area is 110 Å². The summed E-state index contributed by atoms with van der Waals surface area (Å²) in [5.74, 6) is 0.457. The van der Waals surface area contributed by atoms with Crippen molar-refractivity contribution in [3.05, 3.63) is 35.4 Å². The molecule has 20 heavy (non-hydrogen) atoms. The monoisotopic (exact) mass is 271 g/mol. The van der Waals surface area contributed by atoms with Gasteiger partial charge in [-0.1, -0.05) is 0 Å². The molecule has 100 valence electrons. The van der Waals surface area contributed by atoms with Crippen LogP contribution in [0.1, 0.15) is 0 Å². The van der Waals surface area contributed by atoms with E-state index >= 15 is 0 Å². The summed E-state index contributed by atoms with van der Waals surface area (Å²) in [6, 6.07) is 0. The summed E-state index contributed by atoms with van der Waals surface area (Å²) in [5, 5.41) is 13.9. The first kappa shape index (κ1) is 11.8. The van der Waals surface area contributed by atoms with Crippen molar-refractivity contribution in [3.8, 4) is 0 Å². The summed E-state index contributed by atoms with van der Waals surface area (Å²) in [5.41, 5.74) is 6.51. The first-order valence-electron chi connectivity index (χ1n) is 5.52. The highest BCUT2D eigenvalue weighted by molar-refractivity contribution is 5.83. The van der Waals surface area contributed by atoms with Crippen molar-refractivity contribution in [2.24, 2.45) is 0 Å². The van der Waals surface area contributed by atoms with Gasteiger partial charge >= 0.3 is 0 Å². The number of nitrogens with two attached hydrogens (primary N) is 1. The summed E-state index contributed by atoms with van der Waals surface area (Å²) in [6.45, 7) is 0. The van der Waals surface area contributed by atoms with Gasteiger partial charge in [-0.3, -0.25) is 15.0 Å². The maximum atomic E-state index is 10.9. The minimum atomic E-state index is -0.168. The lowest BCUT2D eigenvalue weighted by Gasteiger charge is -1.89. The predicted molar refractivity (Wildman–Crippen MR) is 70.6 cm³/mol. The molecule has 0 aliphatic rings. The van der Waals surface area contributed by atoms with Crippen molar-refractivity contribution in [3.63, 3.8) is 0 Å². The first-order valence-corrected chi connectivity index (χ1v) is 5.52. The van der Waals surface area contributed by atoms with Crippen LogP contribution in [0.4, 0.5) is 5.82 Å². The van der Waals surface area contributed by atoms with Crippen LogP contribution in [0.3, 0.4) is 0 Å². The van der Waals surface area contributed by atoms with Crippen LogP contribution < -0.4 is 11.3 Å². The van der Waals surface area contributed by atoms with Gasteiger partial charge in [0.15, 0.2) is 11.3 Å². The molecule has 4 aromatic heterocycles. The van der Waals surface area contributed by atoms with E-state index in [1.54, 1.807) is 6.20 Å². The van der Waals surface area contributed by atoms with Gasteiger partial charge in [-0.15, -0.1) is 0 Å². The second kappa shape index (κ2) is 4.76. The Morgan fingerprint density at radius 2 is 1.65 bits per heavy atom. The van der Waals surface area contributed by atoms with E-state index in [1.165, 1.54) is 18.9 Å². The van der Waals surface area contributed by atoms with Crippen molar-refractivity contribution in [2.45, 2.75) is 0 Å². The van der Waals surface area contributed by atoms with E-state index in [1.807, 2.05) is 0 Å². The average Bonchev–Trinajstić information content (AvgIpc) is 3.08. The molecular formula is C10H9N9O. The number of anilines is 1. The number of fused-ring (bicyclic) bond motifs is 2. The lowest BCUT2D eigenvalue weighted by molar-refractivity contribution is 1.08. The fourth-order valence-electron chi connectivity index (χ4n) is 1.56. The molecule has 0 spiro atoms. The summed E-state index contributed by atoms with van der Waals surface area (Å²) >= 11 is 0. The molecule has 5 N–H and O–H groups in total. The largest absolute Gasteiger partial charge is 0.383 e. The second-order valence-corrected chi connectivity index (χ2v) is 3.76. The molecule has 0 unspecified atom stereocenters. The molecule has 0 saturated heterocycles. The standard InChI is InChI=1S/C5H5N5.C5H4N4O/c6-4-3-1-9-10-5(3)8-2-7-4;10-5-3-1-8-9-4(3)6-2-7-5/h1-2H,(H3,6,7,8,9,10);1-2H,(H2,6,7,8,9,10). The average molecular weight is 271 g/mol. The van der Waals surface area contributed by atoms with Crippen LogP contribution in [0.2, 0.25) is 0 Å². The Bertz CT molecular complexity index is 905. The van der Waals surface area contributed by atoms with Crippen molar-refractivity contribution < 1.29 is 0 Å². The van der Waals surface area contributed by atoms with Crippen LogP contribution in [0.25, 0.3) is 22.1 Å². The number of aromatic amines is 3. The Balaban J connectivity index is 0.000000121. The van der Waals surface area contributed by atoms with Gasteiger partial charge in [-0.25, -0.2) is 15.0 Å². The molecular weight excluding hydrogens is 262 g/mol. The highest BCUT2D eigenvalue weighted by Gasteiger charge is 1.99. The van der Waals surface area contributed by atoms with Gasteiger partial charge in [-0.05, 0) is 0 Å². The molecule has 0 fully saturated rings. The summed E-state index contributed by atoms with van der Waals surface area (Å²) in [6.07, 6.45) is 5.78. The maximum absolute atomic E-state index is 10.9. The zero-order valence-corrected chi connectivity index (χ0v) is 10.0. The van der Waals surface area contributed by atoms with E-state index in [9.17, 15) is 4.79 Å². The first-order chi connectivity index (χ1) is 9.75. The third-order valence-electron chi connectivity index (χ3n) is 2.53. The predicted octanol–water partition coefficient (Wildman–Crippen LogP) is -0.419. The van der Waals surface area contributed by atoms with Gasteiger partial charge in [0.1, 0.15) is 17.5 Å². The van der Waals surface area contributed by atoms with Gasteiger partial charge in [0.05, 0.1) is 24.1 Å². The number of hydrogen-bond donors (Lipinski definition) is 4. The fraction of sp³-hybridized carbons (Fsp3) is 0. The van der Waals surface area contributed by atoms with Crippen LogP contribution >= 0.6 is 0 Å². The molecule has 4 aromatic rings. The zero-order chi connectivity index (χ0) is 13.9. The van der Waals surface area contributed by atoms with Crippen molar-refractivity contribution in [1.82, 2.24) is 40.3 Å². The number of nitrogen functional groups attached to an aromatic ring is 1. The van der Waals surface area contributed by atoms with Crippen molar-refractivity contribution >= 4 is 27.9 Å². The molecule has 4 rings (SSSR count). The number of hydrogen-bond acceptors (Lipinski definition) is 7. The number of H-pyrrole nitrogens is 3. The number of nitrogens with zero attached hydrogens (tertiary/aromatic N) is 5. The van der Waals surface area contributed by atoms with Crippen LogP contribution in [-0.4, -0.2) is 40.3 Å². The lowest BCUT2D eigenvalue weighted by Crippen LogP contribution is -2.04. The third-order valence-corrected chi connectivity index (χ3v) is 2.53. The lowest BCUT2D eigenvalue weighted by atomic mass is 10.4. The van der Waals surface area contributed by atoms with E-state index in [4.69, 9.17) is 5.73 Å². The number of rotatable bonds is 0. The molecule has 0 saturated carbocycles. The third kappa shape index (κ3) is 2.05. The van der Waals surface area contributed by atoms with Crippen molar-refractivity contribution in [2.75, 3.05) is 5.73 Å². The SMILES string of the molecule is Nc1ncnc2[nH]ncc12.O=c1[nH]cnc2[nH]ncc12. The maximum Gasteiger partial charge on any atom is 0.261 e. The zero-order valence-electron chi connectivity index (χ0n) is 10.0. The van der Waals surface area contributed by atoms with Crippen LogP contribution in [0.15, 0.2) is 29.8 Å². The quantitative estimate of drug-likeness (QED) is 0.338. The molecule has 10 heteroatoms. The fourth-order valence-corrected chi connectivity index (χ4v) is 1.56. The summed E-state index contributed by atoms with van der Waals surface area (Å²) < 4.78 is 0. The molecule has 0 aliphatic heterocycles. The summed E-state index contributed by atoms with van der Waals surface area (Å²) in [7, 11) is 0. The second-order valence-electron chi connectivity index (χ2n) is 3.76. The number of nitrogens with one attached hydrogen (secondary N) is 3. The molecule has 0 bridgehead atoms. The van der Waals surface area contributed by atoms with Gasteiger partial charge < -0.3 is 10.7 Å². The normalized spacial score (nSPS) is 10.4. The van der Waals surface area contributed by atoms with E-state index in [-0.39, 0.29) is 5.56 Å². The molecule has 10 nitrogen and oxygen atoms in total. The summed E-state index contributed by atoms with van der Waals surface area (Å²) in [4.78, 5) is 24.8. The molecule has 0 amide bonds. The van der Waals surface area contributed by atoms with Crippen LogP contribution in [0.5, 0.6) is 0 Å². The topological polar surface area (TPSA) is 155 Å². The molecule has 0 aromatic carbocycles. The smallest absolute Gasteiger partial charge is 0.261 e. The van der Waals surface area contributed by atoms with Gasteiger partial charge in [0.2, 0.25) is 0 Å². The molecule has 0 aliphatic carbocycles. The van der Waals surface area contributed by atoms with Gasteiger partial charge in [0, 0.05) is 0 Å². The molecule has 0 atom stereocenters. The van der Waals surface area contributed by atoms with E-state index in [0.29, 0.717) is 22.5 Å². The highest BCUT2D eigenvalue weighted by Crippen LogP contribution is 2.11. The Morgan fingerprint density at radius 1 is 0.950 bits per heavy atom. The van der Waals surface area contributed by atoms with E-state index < -0.39 is 0 Å². The Hall–Kier alpha value is -3.30. The van der Waals surface area contributed by atoms with Crippen LogP contribution in [0, 0.1) is 0 Å². The van der Waals surface area contributed by atoms with Gasteiger partial charge in [-0.2, -0.15) is 10.2 Å². The minimum Gasteiger partial charge on any atom is -0.383 e. The van der Waals surface area contributed by atoms with Gasteiger partial charge in [0.25, 0.3) is 5.56 Å². The molecule has 4 heterocycles. The Morgan fingerprint density at radius 3 is 2.35 bits per heavy atom. The Kier molecular flexibility index (Phi) is 2.80. The van der Waals surface area contributed by atoms with Crippen LogP contribution in [-0.2, 0) is 0 Å². The molecule has 0 radical (unpaired) electrons. The highest BCUT2D eigenvalue weighted by atomic mass is 16.1. The van der Waals surface area contributed by atoms with E-state index in [0.717, 1.165) is 5.39 Å². The van der Waals surface area contributed by atoms with Crippen molar-refractivity contribution in [1.29, 1.82) is 0 Å². The van der Waals surface area contributed by atoms with E-state index in [2.05, 4.69) is 40.3 Å². The number of aromatic nitrogens is 8.